The number of aromatic nitrogens is 1. The van der Waals surface area contributed by atoms with Crippen molar-refractivity contribution in [3.63, 3.8) is 0 Å². The normalized spacial score (nSPS) is 31.1. The van der Waals surface area contributed by atoms with Gasteiger partial charge in [-0.25, -0.2) is 4.98 Å². The molecular formula is C10H15N3O. The fourth-order valence-electron chi connectivity index (χ4n) is 2.04. The Labute approximate surface area is 82.9 Å². The van der Waals surface area contributed by atoms with Gasteiger partial charge in [0.2, 0.25) is 0 Å². The molecular weight excluding hydrogens is 178 g/mol. The van der Waals surface area contributed by atoms with E-state index in [4.69, 9.17) is 11.5 Å². The maximum atomic E-state index is 9.98. The summed E-state index contributed by atoms with van der Waals surface area (Å²) < 4.78 is 0. The molecule has 1 fully saturated rings. The van der Waals surface area contributed by atoms with E-state index in [2.05, 4.69) is 4.98 Å². The average Bonchev–Trinajstić information content (AvgIpc) is 2.00. The lowest BCUT2D eigenvalue weighted by Crippen LogP contribution is -2.52. The fourth-order valence-corrected chi connectivity index (χ4v) is 2.04. The Bertz CT molecular complexity index is 334. The molecule has 1 aromatic rings. The van der Waals surface area contributed by atoms with Crippen molar-refractivity contribution in [1.29, 1.82) is 0 Å². The monoisotopic (exact) mass is 193 g/mol. The lowest BCUT2D eigenvalue weighted by atomic mass is 9.73. The molecule has 4 heteroatoms. The van der Waals surface area contributed by atoms with Crippen molar-refractivity contribution in [2.75, 3.05) is 5.73 Å². The third-order valence-electron chi connectivity index (χ3n) is 2.66. The summed E-state index contributed by atoms with van der Waals surface area (Å²) in [5.41, 5.74) is 11.6. The maximum absolute atomic E-state index is 9.98. The molecule has 5 N–H and O–H groups in total. The number of nitrogen functional groups attached to an aromatic ring is 1. The van der Waals surface area contributed by atoms with Gasteiger partial charge >= 0.3 is 0 Å². The van der Waals surface area contributed by atoms with Crippen LogP contribution in [-0.4, -0.2) is 21.7 Å². The molecule has 4 nitrogen and oxygen atoms in total. The van der Waals surface area contributed by atoms with Crippen LogP contribution in [0.5, 0.6) is 0 Å². The van der Waals surface area contributed by atoms with E-state index in [-0.39, 0.29) is 6.04 Å². The van der Waals surface area contributed by atoms with E-state index in [1.807, 2.05) is 6.07 Å². The molecule has 0 aromatic carbocycles. The summed E-state index contributed by atoms with van der Waals surface area (Å²) in [4.78, 5) is 3.90. The molecule has 1 aromatic heterocycles. The first kappa shape index (κ1) is 9.43. The zero-order chi connectivity index (χ0) is 10.2. The van der Waals surface area contributed by atoms with Gasteiger partial charge in [0.1, 0.15) is 5.82 Å². The van der Waals surface area contributed by atoms with Gasteiger partial charge in [-0.2, -0.15) is 0 Å². The van der Waals surface area contributed by atoms with Crippen LogP contribution in [0.15, 0.2) is 18.3 Å². The number of rotatable bonds is 2. The predicted octanol–water partition coefficient (Wildman–Crippen LogP) is 0.0585. The first-order chi connectivity index (χ1) is 6.57. The summed E-state index contributed by atoms with van der Waals surface area (Å²) in [6.45, 7) is 0. The topological polar surface area (TPSA) is 85.2 Å². The van der Waals surface area contributed by atoms with E-state index in [1.54, 1.807) is 12.3 Å². The third-order valence-corrected chi connectivity index (χ3v) is 2.66. The van der Waals surface area contributed by atoms with Gasteiger partial charge in [-0.15, -0.1) is 0 Å². The lowest BCUT2D eigenvalue weighted by molar-refractivity contribution is -0.0455. The second-order valence-corrected chi connectivity index (χ2v) is 4.16. The number of hydrogen-bond donors (Lipinski definition) is 3. The van der Waals surface area contributed by atoms with Crippen LogP contribution in [-0.2, 0) is 6.42 Å². The van der Waals surface area contributed by atoms with Crippen LogP contribution in [0.2, 0.25) is 0 Å². The van der Waals surface area contributed by atoms with Crippen molar-refractivity contribution in [2.24, 2.45) is 5.73 Å². The molecule has 1 heterocycles. The minimum Gasteiger partial charge on any atom is -0.389 e. The highest BCUT2D eigenvalue weighted by Gasteiger charge is 2.40. The summed E-state index contributed by atoms with van der Waals surface area (Å²) in [6.07, 6.45) is 3.63. The van der Waals surface area contributed by atoms with E-state index in [0.29, 0.717) is 25.1 Å². The molecule has 76 valence electrons. The largest absolute Gasteiger partial charge is 0.389 e. The Kier molecular flexibility index (Phi) is 2.17. The molecule has 0 spiro atoms. The standard InChI is InChI=1S/C10H15N3O/c11-8-5-10(14,6-8)4-7-1-2-13-9(12)3-7/h1-3,8,14H,4-6,11H2,(H2,12,13). The van der Waals surface area contributed by atoms with Gasteiger partial charge in [0, 0.05) is 18.7 Å². The maximum Gasteiger partial charge on any atom is 0.123 e. The smallest absolute Gasteiger partial charge is 0.123 e. The van der Waals surface area contributed by atoms with Crippen LogP contribution in [0, 0.1) is 0 Å². The highest BCUT2D eigenvalue weighted by Crippen LogP contribution is 2.33. The van der Waals surface area contributed by atoms with Crippen molar-refractivity contribution in [3.8, 4) is 0 Å². The first-order valence-electron chi connectivity index (χ1n) is 4.76. The lowest BCUT2D eigenvalue weighted by Gasteiger charge is -2.41. The molecule has 0 amide bonds. The first-order valence-corrected chi connectivity index (χ1v) is 4.76. The van der Waals surface area contributed by atoms with Crippen LogP contribution in [0.4, 0.5) is 5.82 Å². The minimum absolute atomic E-state index is 0.152. The third kappa shape index (κ3) is 1.86. The predicted molar refractivity (Wildman–Crippen MR) is 54.5 cm³/mol. The van der Waals surface area contributed by atoms with Crippen molar-refractivity contribution >= 4 is 5.82 Å². The number of pyridine rings is 1. The van der Waals surface area contributed by atoms with Crippen molar-refractivity contribution in [1.82, 2.24) is 4.98 Å². The second kappa shape index (κ2) is 3.22. The number of aliphatic hydroxyl groups is 1. The fraction of sp³-hybridized carbons (Fsp3) is 0.500. The summed E-state index contributed by atoms with van der Waals surface area (Å²) >= 11 is 0. The number of hydrogen-bond acceptors (Lipinski definition) is 4. The van der Waals surface area contributed by atoms with Crippen molar-refractivity contribution < 1.29 is 5.11 Å². The highest BCUT2D eigenvalue weighted by atomic mass is 16.3. The number of anilines is 1. The van der Waals surface area contributed by atoms with Crippen LogP contribution < -0.4 is 11.5 Å². The minimum atomic E-state index is -0.618. The molecule has 0 unspecified atom stereocenters. The van der Waals surface area contributed by atoms with E-state index in [1.165, 1.54) is 0 Å². The van der Waals surface area contributed by atoms with Crippen LogP contribution in [0.25, 0.3) is 0 Å². The zero-order valence-corrected chi connectivity index (χ0v) is 7.98. The summed E-state index contributed by atoms with van der Waals surface area (Å²) in [5.74, 6) is 0.495. The van der Waals surface area contributed by atoms with Gasteiger partial charge < -0.3 is 16.6 Å². The quantitative estimate of drug-likeness (QED) is 0.620. The highest BCUT2D eigenvalue weighted by molar-refractivity contribution is 5.32. The van der Waals surface area contributed by atoms with Gasteiger partial charge in [0.25, 0.3) is 0 Å². The Morgan fingerprint density at radius 2 is 2.29 bits per heavy atom. The Hall–Kier alpha value is -1.13. The molecule has 2 rings (SSSR count). The van der Waals surface area contributed by atoms with Gasteiger partial charge in [-0.1, -0.05) is 0 Å². The van der Waals surface area contributed by atoms with Crippen LogP contribution in [0.3, 0.4) is 0 Å². The van der Waals surface area contributed by atoms with E-state index >= 15 is 0 Å². The van der Waals surface area contributed by atoms with Gasteiger partial charge in [-0.3, -0.25) is 0 Å². The molecule has 14 heavy (non-hydrogen) atoms. The summed E-state index contributed by atoms with van der Waals surface area (Å²) in [7, 11) is 0. The Morgan fingerprint density at radius 3 is 2.86 bits per heavy atom. The van der Waals surface area contributed by atoms with E-state index < -0.39 is 5.60 Å². The van der Waals surface area contributed by atoms with E-state index in [0.717, 1.165) is 5.56 Å². The van der Waals surface area contributed by atoms with Crippen LogP contribution in [0.1, 0.15) is 18.4 Å². The van der Waals surface area contributed by atoms with Crippen molar-refractivity contribution in [3.05, 3.63) is 23.9 Å². The summed E-state index contributed by atoms with van der Waals surface area (Å²) in [5, 5.41) is 9.98. The molecule has 1 saturated carbocycles. The second-order valence-electron chi connectivity index (χ2n) is 4.16. The molecule has 0 bridgehead atoms. The van der Waals surface area contributed by atoms with Gasteiger partial charge in [-0.05, 0) is 30.5 Å². The van der Waals surface area contributed by atoms with Gasteiger partial charge in [0.15, 0.2) is 0 Å². The van der Waals surface area contributed by atoms with Crippen molar-refractivity contribution in [2.45, 2.75) is 30.9 Å². The van der Waals surface area contributed by atoms with E-state index in [9.17, 15) is 5.11 Å². The zero-order valence-electron chi connectivity index (χ0n) is 7.98. The average molecular weight is 193 g/mol. The number of nitrogens with two attached hydrogens (primary N) is 2. The molecule has 1 aliphatic rings. The molecule has 0 atom stereocenters. The number of nitrogens with zero attached hydrogens (tertiary/aromatic N) is 1. The SMILES string of the molecule is Nc1cc(CC2(O)CC(N)C2)ccn1. The molecule has 0 radical (unpaired) electrons. The van der Waals surface area contributed by atoms with Crippen LogP contribution >= 0.6 is 0 Å². The molecule has 0 aliphatic heterocycles. The summed E-state index contributed by atoms with van der Waals surface area (Å²) in [6, 6.07) is 3.82. The Morgan fingerprint density at radius 1 is 1.57 bits per heavy atom. The Balaban J connectivity index is 2.04. The van der Waals surface area contributed by atoms with Gasteiger partial charge in [0.05, 0.1) is 5.60 Å². The molecule has 0 saturated heterocycles. The molecule has 1 aliphatic carbocycles.